The third-order valence-electron chi connectivity index (χ3n) is 2.65. The number of nitriles is 1. The number of urea groups is 1. The minimum atomic E-state index is -0.430. The van der Waals surface area contributed by atoms with Gasteiger partial charge in [0, 0.05) is 18.8 Å². The number of benzene rings is 1. The van der Waals surface area contributed by atoms with Crippen molar-refractivity contribution in [3.63, 3.8) is 0 Å². The van der Waals surface area contributed by atoms with Crippen molar-refractivity contribution in [2.45, 2.75) is 6.92 Å². The van der Waals surface area contributed by atoms with Crippen molar-refractivity contribution in [2.24, 2.45) is 7.05 Å². The number of hydrogen-bond acceptors (Lipinski definition) is 3. The second-order valence-electron chi connectivity index (χ2n) is 4.03. The lowest BCUT2D eigenvalue weighted by Crippen LogP contribution is -2.20. The molecule has 0 radical (unpaired) electrons. The van der Waals surface area contributed by atoms with Crippen LogP contribution in [-0.4, -0.2) is 15.8 Å². The number of amides is 2. The van der Waals surface area contributed by atoms with E-state index in [1.807, 2.05) is 13.0 Å². The minimum Gasteiger partial charge on any atom is -0.306 e. The zero-order chi connectivity index (χ0) is 13.8. The SMILES string of the molecule is Cc1cc(NC(=O)Nc2ccccc2C#N)nn1C. The zero-order valence-corrected chi connectivity index (χ0v) is 10.6. The largest absolute Gasteiger partial charge is 0.324 e. The van der Waals surface area contributed by atoms with E-state index in [4.69, 9.17) is 5.26 Å². The molecule has 0 aliphatic rings. The molecule has 1 heterocycles. The third kappa shape index (κ3) is 2.90. The van der Waals surface area contributed by atoms with Crippen molar-refractivity contribution in [3.8, 4) is 6.07 Å². The zero-order valence-electron chi connectivity index (χ0n) is 10.6. The molecule has 0 fully saturated rings. The number of nitrogens with one attached hydrogen (secondary N) is 2. The van der Waals surface area contributed by atoms with E-state index in [9.17, 15) is 4.79 Å². The van der Waals surface area contributed by atoms with E-state index in [1.54, 1.807) is 42.1 Å². The highest BCUT2D eigenvalue weighted by Gasteiger charge is 2.08. The number of hydrogen-bond donors (Lipinski definition) is 2. The number of anilines is 2. The molecule has 0 aliphatic carbocycles. The van der Waals surface area contributed by atoms with Crippen LogP contribution in [0.2, 0.25) is 0 Å². The van der Waals surface area contributed by atoms with Gasteiger partial charge in [-0.1, -0.05) is 12.1 Å². The predicted octanol–water partition coefficient (Wildman–Crippen LogP) is 2.24. The molecule has 0 atom stereocenters. The number of carbonyl (C=O) groups excluding carboxylic acids is 1. The first-order valence-corrected chi connectivity index (χ1v) is 5.68. The van der Waals surface area contributed by atoms with E-state index in [2.05, 4.69) is 15.7 Å². The fourth-order valence-electron chi connectivity index (χ4n) is 1.58. The summed E-state index contributed by atoms with van der Waals surface area (Å²) in [5.41, 5.74) is 1.82. The van der Waals surface area contributed by atoms with Crippen LogP contribution >= 0.6 is 0 Å². The highest BCUT2D eigenvalue weighted by Crippen LogP contribution is 2.14. The molecule has 0 saturated heterocycles. The van der Waals surface area contributed by atoms with Crippen LogP contribution in [0.5, 0.6) is 0 Å². The number of para-hydroxylation sites is 1. The van der Waals surface area contributed by atoms with Gasteiger partial charge in [0.2, 0.25) is 0 Å². The molecule has 0 unspecified atom stereocenters. The van der Waals surface area contributed by atoms with E-state index in [0.29, 0.717) is 17.1 Å². The van der Waals surface area contributed by atoms with Gasteiger partial charge in [-0.2, -0.15) is 10.4 Å². The lowest BCUT2D eigenvalue weighted by molar-refractivity contribution is 0.262. The summed E-state index contributed by atoms with van der Waals surface area (Å²) in [7, 11) is 1.80. The molecule has 0 aliphatic heterocycles. The van der Waals surface area contributed by atoms with Crippen LogP contribution in [0.1, 0.15) is 11.3 Å². The highest BCUT2D eigenvalue weighted by molar-refractivity contribution is 5.99. The van der Waals surface area contributed by atoms with Gasteiger partial charge in [0.05, 0.1) is 11.3 Å². The first kappa shape index (κ1) is 12.6. The summed E-state index contributed by atoms with van der Waals surface area (Å²) < 4.78 is 1.67. The predicted molar refractivity (Wildman–Crippen MR) is 71.7 cm³/mol. The molecule has 6 heteroatoms. The number of aromatic nitrogens is 2. The highest BCUT2D eigenvalue weighted by atomic mass is 16.2. The summed E-state index contributed by atoms with van der Waals surface area (Å²) in [5, 5.41) is 18.3. The molecule has 0 bridgehead atoms. The Morgan fingerprint density at radius 1 is 1.37 bits per heavy atom. The molecule has 2 aromatic rings. The Morgan fingerprint density at radius 3 is 2.74 bits per heavy atom. The average molecular weight is 255 g/mol. The molecule has 2 amide bonds. The molecule has 6 nitrogen and oxygen atoms in total. The summed E-state index contributed by atoms with van der Waals surface area (Å²) in [4.78, 5) is 11.8. The standard InChI is InChI=1S/C13H13N5O/c1-9-7-12(17-18(9)2)16-13(19)15-11-6-4-3-5-10(11)8-14/h3-7H,1-2H3,(H2,15,16,17,19). The van der Waals surface area contributed by atoms with Crippen molar-refractivity contribution < 1.29 is 4.79 Å². The van der Waals surface area contributed by atoms with Crippen LogP contribution < -0.4 is 10.6 Å². The monoisotopic (exact) mass is 255 g/mol. The van der Waals surface area contributed by atoms with E-state index < -0.39 is 6.03 Å². The van der Waals surface area contributed by atoms with Gasteiger partial charge >= 0.3 is 6.03 Å². The Balaban J connectivity index is 2.08. The van der Waals surface area contributed by atoms with Gasteiger partial charge in [-0.25, -0.2) is 4.79 Å². The Kier molecular flexibility index (Phi) is 3.48. The average Bonchev–Trinajstić information content (AvgIpc) is 2.68. The van der Waals surface area contributed by atoms with Crippen LogP contribution in [0.3, 0.4) is 0 Å². The molecule has 96 valence electrons. The minimum absolute atomic E-state index is 0.412. The topological polar surface area (TPSA) is 82.7 Å². The maximum Gasteiger partial charge on any atom is 0.324 e. The van der Waals surface area contributed by atoms with Gasteiger partial charge in [-0.15, -0.1) is 0 Å². The van der Waals surface area contributed by atoms with Crippen LogP contribution in [-0.2, 0) is 7.05 Å². The first-order valence-electron chi connectivity index (χ1n) is 5.68. The van der Waals surface area contributed by atoms with Crippen molar-refractivity contribution in [1.82, 2.24) is 9.78 Å². The normalized spacial score (nSPS) is 9.74. The van der Waals surface area contributed by atoms with Crippen LogP contribution in [0.25, 0.3) is 0 Å². The molecule has 2 N–H and O–H groups in total. The molecule has 1 aromatic heterocycles. The lowest BCUT2D eigenvalue weighted by Gasteiger charge is -2.06. The second kappa shape index (κ2) is 5.23. The van der Waals surface area contributed by atoms with Crippen molar-refractivity contribution in [1.29, 1.82) is 5.26 Å². The first-order chi connectivity index (χ1) is 9.10. The third-order valence-corrected chi connectivity index (χ3v) is 2.65. The molecule has 1 aromatic carbocycles. The number of nitrogens with zero attached hydrogens (tertiary/aromatic N) is 3. The summed E-state index contributed by atoms with van der Waals surface area (Å²) in [6.07, 6.45) is 0. The van der Waals surface area contributed by atoms with Crippen LogP contribution in [0.15, 0.2) is 30.3 Å². The summed E-state index contributed by atoms with van der Waals surface area (Å²) in [6.45, 7) is 1.89. The van der Waals surface area contributed by atoms with Crippen molar-refractivity contribution >= 4 is 17.5 Å². The van der Waals surface area contributed by atoms with E-state index in [1.165, 1.54) is 0 Å². The maximum absolute atomic E-state index is 11.8. The molecule has 2 rings (SSSR count). The smallest absolute Gasteiger partial charge is 0.306 e. The summed E-state index contributed by atoms with van der Waals surface area (Å²) in [5.74, 6) is 0.465. The quantitative estimate of drug-likeness (QED) is 0.863. The van der Waals surface area contributed by atoms with E-state index in [0.717, 1.165) is 5.69 Å². The molecule has 19 heavy (non-hydrogen) atoms. The van der Waals surface area contributed by atoms with Gasteiger partial charge in [-0.05, 0) is 19.1 Å². The number of carbonyl (C=O) groups is 1. The number of rotatable bonds is 2. The molecular weight excluding hydrogens is 242 g/mol. The Morgan fingerprint density at radius 2 is 2.11 bits per heavy atom. The Bertz CT molecular complexity index is 634. The van der Waals surface area contributed by atoms with Gasteiger partial charge in [-0.3, -0.25) is 10.00 Å². The van der Waals surface area contributed by atoms with Crippen LogP contribution in [0.4, 0.5) is 16.3 Å². The fourth-order valence-corrected chi connectivity index (χ4v) is 1.58. The van der Waals surface area contributed by atoms with Crippen molar-refractivity contribution in [2.75, 3.05) is 10.6 Å². The fraction of sp³-hybridized carbons (Fsp3) is 0.154. The molecule has 0 spiro atoms. The van der Waals surface area contributed by atoms with Gasteiger partial charge < -0.3 is 5.32 Å². The van der Waals surface area contributed by atoms with E-state index in [-0.39, 0.29) is 0 Å². The van der Waals surface area contributed by atoms with Gasteiger partial charge in [0.1, 0.15) is 6.07 Å². The van der Waals surface area contributed by atoms with Crippen LogP contribution in [0, 0.1) is 18.3 Å². The summed E-state index contributed by atoms with van der Waals surface area (Å²) >= 11 is 0. The lowest BCUT2D eigenvalue weighted by atomic mass is 10.2. The maximum atomic E-state index is 11.8. The molecular formula is C13H13N5O. The van der Waals surface area contributed by atoms with Crippen molar-refractivity contribution in [3.05, 3.63) is 41.6 Å². The van der Waals surface area contributed by atoms with Gasteiger partial charge in [0.25, 0.3) is 0 Å². The summed E-state index contributed by atoms with van der Waals surface area (Å²) in [6, 6.07) is 10.1. The van der Waals surface area contributed by atoms with E-state index >= 15 is 0 Å². The molecule has 0 saturated carbocycles. The second-order valence-corrected chi connectivity index (χ2v) is 4.03. The Hall–Kier alpha value is -2.81. The number of aryl methyl sites for hydroxylation is 2. The Labute approximate surface area is 110 Å². The van der Waals surface area contributed by atoms with Gasteiger partial charge in [0.15, 0.2) is 5.82 Å².